The Balaban J connectivity index is 1.41. The molecule has 19 nitrogen and oxygen atoms in total. The standard InChI is InChI=1S/C79H137NO18/c1-3-5-7-9-11-13-15-17-19-21-23-25-27-29-30-31-32-33-35-37-39-41-43-45-47-49-51-53-55-57-67(85)80-62(63(84)56-54-52-50-48-46-44-42-40-38-36-34-28-26-24-22-20-18-16-14-12-10-8-6-4-2)61-93-77-73(91)70(88)75(65(59-82)95-77)98-79-74(92)71(89)76(66(60-83)96-79)97-78-72(90)69(87)68(86)64(58-81)94-78/h5,7,11,13,17,19,23,25,29-30,32-33,37,39,54,56,62-66,68-79,81-84,86-92H,3-4,6,8-10,12,14-16,18,20-22,24,26-28,31,34-36,38,40-53,55,57-61H2,1-2H3,(H,80,85)/b7-5-,13-11-,19-17-,25-23-,30-29-,33-32-,39-37-,56-54+. The summed E-state index contributed by atoms with van der Waals surface area (Å²) in [6, 6.07) is -0.988. The van der Waals surface area contributed by atoms with Crippen molar-refractivity contribution in [2.45, 2.75) is 369 Å². The van der Waals surface area contributed by atoms with Crippen LogP contribution in [-0.2, 0) is 33.2 Å². The number of nitrogens with one attached hydrogen (secondary N) is 1. The molecule has 3 aliphatic rings. The molecule has 12 N–H and O–H groups in total. The maximum absolute atomic E-state index is 13.5. The normalized spacial score (nSPS) is 27.3. The minimum absolute atomic E-state index is 0.225. The van der Waals surface area contributed by atoms with Crippen molar-refractivity contribution in [2.75, 3.05) is 26.4 Å². The van der Waals surface area contributed by atoms with Gasteiger partial charge < -0.3 is 89.9 Å². The molecule has 3 aliphatic heterocycles. The highest BCUT2D eigenvalue weighted by Crippen LogP contribution is 2.33. The molecule has 1 amide bonds. The van der Waals surface area contributed by atoms with Gasteiger partial charge in [-0.15, -0.1) is 0 Å². The largest absolute Gasteiger partial charge is 0.394 e. The molecule has 3 saturated heterocycles. The first-order valence-corrected chi connectivity index (χ1v) is 38.5. The molecular weight excluding hydrogens is 1250 g/mol. The molecule has 0 spiro atoms. The van der Waals surface area contributed by atoms with Gasteiger partial charge in [-0.25, -0.2) is 0 Å². The Kier molecular flexibility index (Phi) is 53.7. The van der Waals surface area contributed by atoms with E-state index in [1.54, 1.807) is 6.08 Å². The lowest BCUT2D eigenvalue weighted by Gasteiger charge is -2.48. The van der Waals surface area contributed by atoms with Gasteiger partial charge in [-0.1, -0.05) is 278 Å². The molecule has 17 unspecified atom stereocenters. The van der Waals surface area contributed by atoms with Crippen molar-refractivity contribution in [2.24, 2.45) is 0 Å². The van der Waals surface area contributed by atoms with Crippen LogP contribution in [0.1, 0.15) is 264 Å². The zero-order valence-corrected chi connectivity index (χ0v) is 60.2. The van der Waals surface area contributed by atoms with Crippen LogP contribution in [0.15, 0.2) is 97.2 Å². The third-order valence-corrected chi connectivity index (χ3v) is 18.6. The Labute approximate surface area is 590 Å². The van der Waals surface area contributed by atoms with Gasteiger partial charge in [-0.2, -0.15) is 0 Å². The monoisotopic (exact) mass is 1390 g/mol. The number of aliphatic hydroxyl groups excluding tert-OH is 11. The van der Waals surface area contributed by atoms with Crippen molar-refractivity contribution in [1.82, 2.24) is 5.32 Å². The molecule has 3 rings (SSSR count). The average Bonchev–Trinajstić information content (AvgIpc) is 0.784. The van der Waals surface area contributed by atoms with Gasteiger partial charge in [0.05, 0.1) is 38.6 Å². The molecule has 98 heavy (non-hydrogen) atoms. The van der Waals surface area contributed by atoms with Gasteiger partial charge in [0.15, 0.2) is 18.9 Å². The Morgan fingerprint density at radius 2 is 0.704 bits per heavy atom. The fourth-order valence-corrected chi connectivity index (χ4v) is 12.5. The van der Waals surface area contributed by atoms with E-state index >= 15 is 0 Å². The Hall–Kier alpha value is -3.29. The predicted molar refractivity (Wildman–Crippen MR) is 387 cm³/mol. The zero-order valence-electron chi connectivity index (χ0n) is 60.2. The van der Waals surface area contributed by atoms with Crippen molar-refractivity contribution in [3.63, 3.8) is 0 Å². The fourth-order valence-electron chi connectivity index (χ4n) is 12.5. The second-order valence-electron chi connectivity index (χ2n) is 27.1. The highest BCUT2D eigenvalue weighted by molar-refractivity contribution is 5.76. The molecule has 0 aromatic heterocycles. The lowest BCUT2D eigenvalue weighted by Crippen LogP contribution is -2.66. The summed E-state index contributed by atoms with van der Waals surface area (Å²) in [5.74, 6) is -0.288. The third kappa shape index (κ3) is 39.4. The second-order valence-corrected chi connectivity index (χ2v) is 27.1. The van der Waals surface area contributed by atoms with Crippen LogP contribution in [0.2, 0.25) is 0 Å². The number of rotatable bonds is 59. The quantitative estimate of drug-likeness (QED) is 0.0199. The highest BCUT2D eigenvalue weighted by Gasteiger charge is 2.53. The summed E-state index contributed by atoms with van der Waals surface area (Å²) < 4.78 is 34.4. The Morgan fingerprint density at radius 3 is 1.10 bits per heavy atom. The molecule has 19 heteroatoms. The number of aliphatic hydroxyl groups is 11. The van der Waals surface area contributed by atoms with Crippen LogP contribution in [-0.4, -0.2) is 193 Å². The Morgan fingerprint density at radius 1 is 0.378 bits per heavy atom. The summed E-state index contributed by atoms with van der Waals surface area (Å²) in [4.78, 5) is 13.5. The molecule has 0 aromatic carbocycles. The van der Waals surface area contributed by atoms with E-state index in [1.807, 2.05) is 6.08 Å². The molecule has 0 bridgehead atoms. The first-order chi connectivity index (χ1) is 47.8. The maximum atomic E-state index is 13.5. The van der Waals surface area contributed by atoms with Gasteiger partial charge in [-0.3, -0.25) is 4.79 Å². The molecule has 3 fully saturated rings. The molecule has 0 aliphatic carbocycles. The lowest BCUT2D eigenvalue weighted by atomic mass is 9.96. The maximum Gasteiger partial charge on any atom is 0.220 e. The number of carbonyl (C=O) groups is 1. The zero-order chi connectivity index (χ0) is 71.1. The number of allylic oxidation sites excluding steroid dienone is 15. The van der Waals surface area contributed by atoms with Crippen molar-refractivity contribution < 1.29 is 89.4 Å². The highest BCUT2D eigenvalue weighted by atomic mass is 16.8. The number of ether oxygens (including phenoxy) is 6. The first-order valence-electron chi connectivity index (χ1n) is 38.5. The van der Waals surface area contributed by atoms with Gasteiger partial charge in [0.2, 0.25) is 5.91 Å². The van der Waals surface area contributed by atoms with E-state index in [1.165, 1.54) is 122 Å². The van der Waals surface area contributed by atoms with Crippen LogP contribution in [0.5, 0.6) is 0 Å². The summed E-state index contributed by atoms with van der Waals surface area (Å²) in [5, 5.41) is 121. The summed E-state index contributed by atoms with van der Waals surface area (Å²) in [5.41, 5.74) is 0. The van der Waals surface area contributed by atoms with Crippen LogP contribution in [0, 0.1) is 0 Å². The molecular formula is C79H137NO18. The number of hydrogen-bond acceptors (Lipinski definition) is 18. The smallest absolute Gasteiger partial charge is 0.220 e. The number of amides is 1. The third-order valence-electron chi connectivity index (χ3n) is 18.6. The molecule has 3 heterocycles. The van der Waals surface area contributed by atoms with Crippen LogP contribution in [0.25, 0.3) is 0 Å². The number of hydrogen-bond donors (Lipinski definition) is 12. The predicted octanol–water partition coefficient (Wildman–Crippen LogP) is 12.0. The molecule has 0 radical (unpaired) electrons. The molecule has 0 saturated carbocycles. The van der Waals surface area contributed by atoms with Crippen LogP contribution in [0.3, 0.4) is 0 Å². The van der Waals surface area contributed by atoms with Crippen LogP contribution < -0.4 is 5.32 Å². The van der Waals surface area contributed by atoms with E-state index < -0.39 is 124 Å². The Bertz CT molecular complexity index is 2150. The van der Waals surface area contributed by atoms with Gasteiger partial charge in [0.25, 0.3) is 0 Å². The van der Waals surface area contributed by atoms with E-state index in [0.29, 0.717) is 6.42 Å². The van der Waals surface area contributed by atoms with E-state index in [0.717, 1.165) is 116 Å². The molecule has 0 aromatic rings. The number of unbranched alkanes of at least 4 members (excludes halogenated alkanes) is 29. The summed E-state index contributed by atoms with van der Waals surface area (Å²) in [6.45, 7) is 1.63. The SMILES string of the molecule is CC/C=C\C/C=C\C/C=C\C/C=C\C/C=C\C/C=C\C/C=C\CCCCCCCCCC(=O)NC(COC1OC(CO)C(OC2OC(CO)C(OC3OC(CO)C(O)C(O)C3O)C(O)C2O)C(O)C1O)C(O)/C=C/CCCCCCCCCCCCCCCCCCCCCCCC. The fraction of sp³-hybridized carbons (Fsp3) is 0.785. The van der Waals surface area contributed by atoms with Crippen LogP contribution in [0.4, 0.5) is 0 Å². The van der Waals surface area contributed by atoms with Gasteiger partial charge in [0.1, 0.15) is 73.2 Å². The number of carbonyl (C=O) groups excluding carboxylic acids is 1. The topological polar surface area (TPSA) is 307 Å². The second kappa shape index (κ2) is 59.1. The molecule has 17 atom stereocenters. The van der Waals surface area contributed by atoms with Crippen LogP contribution >= 0.6 is 0 Å². The van der Waals surface area contributed by atoms with Gasteiger partial charge in [0, 0.05) is 6.42 Å². The minimum Gasteiger partial charge on any atom is -0.394 e. The van der Waals surface area contributed by atoms with Gasteiger partial charge >= 0.3 is 0 Å². The average molecular weight is 1390 g/mol. The van der Waals surface area contributed by atoms with Crippen molar-refractivity contribution in [3.05, 3.63) is 97.2 Å². The molecule has 566 valence electrons. The summed E-state index contributed by atoms with van der Waals surface area (Å²) in [7, 11) is 0. The van der Waals surface area contributed by atoms with Gasteiger partial charge in [-0.05, 0) is 77.0 Å². The minimum atomic E-state index is -1.98. The summed E-state index contributed by atoms with van der Waals surface area (Å²) >= 11 is 0. The lowest BCUT2D eigenvalue weighted by molar-refractivity contribution is -0.379. The van der Waals surface area contributed by atoms with Crippen molar-refractivity contribution >= 4 is 5.91 Å². The van der Waals surface area contributed by atoms with E-state index in [4.69, 9.17) is 28.4 Å². The van der Waals surface area contributed by atoms with E-state index in [2.05, 4.69) is 104 Å². The van der Waals surface area contributed by atoms with Crippen molar-refractivity contribution in [3.8, 4) is 0 Å². The van der Waals surface area contributed by atoms with Crippen molar-refractivity contribution in [1.29, 1.82) is 0 Å². The van der Waals surface area contributed by atoms with E-state index in [9.17, 15) is 61.0 Å². The van der Waals surface area contributed by atoms with E-state index in [-0.39, 0.29) is 18.9 Å². The summed E-state index contributed by atoms with van der Waals surface area (Å²) in [6.07, 6.45) is 52.3. The first kappa shape index (κ1) is 88.9.